The van der Waals surface area contributed by atoms with Gasteiger partial charge in [0.05, 0.1) is 17.9 Å². The lowest BCUT2D eigenvalue weighted by Crippen LogP contribution is -2.17. The summed E-state index contributed by atoms with van der Waals surface area (Å²) < 4.78 is 5.25. The fourth-order valence-electron chi connectivity index (χ4n) is 3.04. The Balaban J connectivity index is 1.74. The minimum atomic E-state index is -0.345. The van der Waals surface area contributed by atoms with Crippen molar-refractivity contribution in [2.45, 2.75) is 51.1 Å². The van der Waals surface area contributed by atoms with E-state index < -0.39 is 0 Å². The van der Waals surface area contributed by atoms with Crippen LogP contribution in [0, 0.1) is 6.92 Å². The van der Waals surface area contributed by atoms with Gasteiger partial charge in [-0.15, -0.1) is 11.3 Å². The van der Waals surface area contributed by atoms with Crippen LogP contribution < -0.4 is 5.32 Å². The molecule has 0 aromatic carbocycles. The molecule has 0 aliphatic heterocycles. The summed E-state index contributed by atoms with van der Waals surface area (Å²) in [6.45, 7) is 3.99. The average molecular weight is 406 g/mol. The number of thiophene rings is 1. The second kappa shape index (κ2) is 9.32. The summed E-state index contributed by atoms with van der Waals surface area (Å²) in [5.41, 5.74) is 2.46. The summed E-state index contributed by atoms with van der Waals surface area (Å²) in [5.74, 6) is -0.331. The zero-order chi connectivity index (χ0) is 19.2. The quantitative estimate of drug-likeness (QED) is 0.338. The molecule has 3 rings (SSSR count). The van der Waals surface area contributed by atoms with E-state index in [4.69, 9.17) is 4.74 Å². The van der Waals surface area contributed by atoms with Gasteiger partial charge in [-0.2, -0.15) is 0 Å². The Morgan fingerprint density at radius 1 is 1.30 bits per heavy atom. The Labute approximate surface area is 167 Å². The zero-order valence-corrected chi connectivity index (χ0v) is 17.2. The summed E-state index contributed by atoms with van der Waals surface area (Å²) in [7, 11) is 0. The molecule has 0 radical (unpaired) electrons. The van der Waals surface area contributed by atoms with Crippen LogP contribution in [0.2, 0.25) is 0 Å². The van der Waals surface area contributed by atoms with Crippen LogP contribution in [-0.4, -0.2) is 34.2 Å². The van der Waals surface area contributed by atoms with E-state index in [1.165, 1.54) is 34.4 Å². The number of ether oxygens (including phenoxy) is 1. The van der Waals surface area contributed by atoms with Gasteiger partial charge in [0.15, 0.2) is 5.16 Å². The second-order valence-electron chi connectivity index (χ2n) is 6.31. The van der Waals surface area contributed by atoms with Gasteiger partial charge < -0.3 is 10.1 Å². The van der Waals surface area contributed by atoms with Gasteiger partial charge in [-0.05, 0) is 51.2 Å². The molecule has 2 heterocycles. The molecule has 1 aliphatic carbocycles. The number of amides is 1. The molecule has 2 aromatic heterocycles. The fraction of sp³-hybridized carbons (Fsp3) is 0.474. The lowest BCUT2D eigenvalue weighted by atomic mass is 10.1. The number of aromatic nitrogens is 2. The molecule has 0 unspecified atom stereocenters. The SMILES string of the molecule is CCOC(=O)c1c(NC(=O)CSc2nccc(C)n2)sc2c1CCCCC2. The number of nitrogens with one attached hydrogen (secondary N) is 1. The standard InChI is InChI=1S/C19H23N3O3S2/c1-3-25-18(24)16-13-7-5-4-6-8-14(13)27-17(16)22-15(23)11-26-19-20-10-9-12(2)21-19/h9-10H,3-8,11H2,1-2H3,(H,22,23). The minimum Gasteiger partial charge on any atom is -0.462 e. The highest BCUT2D eigenvalue weighted by molar-refractivity contribution is 7.99. The number of thioether (sulfide) groups is 1. The smallest absolute Gasteiger partial charge is 0.341 e. The summed E-state index contributed by atoms with van der Waals surface area (Å²) in [6, 6.07) is 1.81. The third kappa shape index (κ3) is 5.07. The number of anilines is 1. The van der Waals surface area contributed by atoms with Crippen LogP contribution in [0.3, 0.4) is 0 Å². The average Bonchev–Trinajstić information content (AvgIpc) is 2.81. The first-order valence-electron chi connectivity index (χ1n) is 9.12. The van der Waals surface area contributed by atoms with Gasteiger partial charge in [-0.1, -0.05) is 18.2 Å². The molecule has 0 bridgehead atoms. The summed E-state index contributed by atoms with van der Waals surface area (Å²) in [5, 5.41) is 4.09. The highest BCUT2D eigenvalue weighted by atomic mass is 32.2. The van der Waals surface area contributed by atoms with E-state index in [0.717, 1.165) is 36.9 Å². The van der Waals surface area contributed by atoms with E-state index in [1.54, 1.807) is 13.1 Å². The van der Waals surface area contributed by atoms with Crippen molar-refractivity contribution in [1.29, 1.82) is 0 Å². The zero-order valence-electron chi connectivity index (χ0n) is 15.5. The molecular formula is C19H23N3O3S2. The first-order chi connectivity index (χ1) is 13.1. The van der Waals surface area contributed by atoms with Crippen LogP contribution in [0.1, 0.15) is 52.7 Å². The molecular weight excluding hydrogens is 382 g/mol. The second-order valence-corrected chi connectivity index (χ2v) is 8.35. The van der Waals surface area contributed by atoms with E-state index >= 15 is 0 Å². The van der Waals surface area contributed by atoms with Crippen molar-refractivity contribution < 1.29 is 14.3 Å². The van der Waals surface area contributed by atoms with Crippen molar-refractivity contribution in [1.82, 2.24) is 9.97 Å². The summed E-state index contributed by atoms with van der Waals surface area (Å²) in [6.07, 6.45) is 6.83. The molecule has 2 aromatic rings. The highest BCUT2D eigenvalue weighted by Crippen LogP contribution is 2.38. The molecule has 144 valence electrons. The normalized spacial score (nSPS) is 13.6. The first kappa shape index (κ1) is 19.8. The number of carbonyl (C=O) groups is 2. The van der Waals surface area contributed by atoms with Crippen molar-refractivity contribution in [2.75, 3.05) is 17.7 Å². The molecule has 0 saturated carbocycles. The largest absolute Gasteiger partial charge is 0.462 e. The molecule has 0 spiro atoms. The van der Waals surface area contributed by atoms with E-state index in [0.29, 0.717) is 22.3 Å². The third-order valence-electron chi connectivity index (χ3n) is 4.26. The Hall–Kier alpha value is -1.93. The number of hydrogen-bond donors (Lipinski definition) is 1. The van der Waals surface area contributed by atoms with E-state index in [-0.39, 0.29) is 17.6 Å². The molecule has 0 atom stereocenters. The monoisotopic (exact) mass is 405 g/mol. The number of fused-ring (bicyclic) bond motifs is 1. The molecule has 1 amide bonds. The van der Waals surface area contributed by atoms with Crippen LogP contribution >= 0.6 is 23.1 Å². The summed E-state index contributed by atoms with van der Waals surface area (Å²) >= 11 is 2.79. The maximum Gasteiger partial charge on any atom is 0.341 e. The number of hydrogen-bond acceptors (Lipinski definition) is 7. The van der Waals surface area contributed by atoms with Gasteiger partial charge >= 0.3 is 5.97 Å². The molecule has 6 nitrogen and oxygen atoms in total. The van der Waals surface area contributed by atoms with Crippen LogP contribution in [0.25, 0.3) is 0 Å². The molecule has 0 fully saturated rings. The van der Waals surface area contributed by atoms with Crippen molar-refractivity contribution in [2.24, 2.45) is 0 Å². The predicted molar refractivity (Wildman–Crippen MR) is 108 cm³/mol. The van der Waals surface area contributed by atoms with Gasteiger partial charge in [0.2, 0.25) is 5.91 Å². The molecule has 27 heavy (non-hydrogen) atoms. The van der Waals surface area contributed by atoms with Crippen molar-refractivity contribution >= 4 is 40.0 Å². The molecule has 1 N–H and O–H groups in total. The van der Waals surface area contributed by atoms with Gasteiger partial charge in [0.25, 0.3) is 0 Å². The van der Waals surface area contributed by atoms with Crippen molar-refractivity contribution in [3.8, 4) is 0 Å². The Kier molecular flexibility index (Phi) is 6.84. The molecule has 0 saturated heterocycles. The molecule has 8 heteroatoms. The fourth-order valence-corrected chi connectivity index (χ4v) is 5.01. The number of nitrogens with zero attached hydrogens (tertiary/aromatic N) is 2. The first-order valence-corrected chi connectivity index (χ1v) is 10.9. The van der Waals surface area contributed by atoms with E-state index in [1.807, 2.05) is 13.0 Å². The number of rotatable bonds is 6. The van der Waals surface area contributed by atoms with Gasteiger partial charge in [-0.3, -0.25) is 4.79 Å². The van der Waals surface area contributed by atoms with E-state index in [2.05, 4.69) is 15.3 Å². The number of esters is 1. The predicted octanol–water partition coefficient (Wildman–Crippen LogP) is 4.02. The minimum absolute atomic E-state index is 0.174. The van der Waals surface area contributed by atoms with Crippen LogP contribution in [-0.2, 0) is 22.4 Å². The maximum atomic E-state index is 12.5. The van der Waals surface area contributed by atoms with Crippen LogP contribution in [0.15, 0.2) is 17.4 Å². The van der Waals surface area contributed by atoms with Gasteiger partial charge in [-0.25, -0.2) is 14.8 Å². The third-order valence-corrected chi connectivity index (χ3v) is 6.33. The maximum absolute atomic E-state index is 12.5. The Bertz CT molecular complexity index is 836. The van der Waals surface area contributed by atoms with E-state index in [9.17, 15) is 9.59 Å². The highest BCUT2D eigenvalue weighted by Gasteiger charge is 2.26. The number of aryl methyl sites for hydroxylation is 2. The van der Waals surface area contributed by atoms with Gasteiger partial charge in [0, 0.05) is 16.8 Å². The Morgan fingerprint density at radius 2 is 2.11 bits per heavy atom. The van der Waals surface area contributed by atoms with Crippen LogP contribution in [0.4, 0.5) is 5.00 Å². The van der Waals surface area contributed by atoms with Crippen molar-refractivity contribution in [3.63, 3.8) is 0 Å². The Morgan fingerprint density at radius 3 is 2.89 bits per heavy atom. The van der Waals surface area contributed by atoms with Crippen LogP contribution in [0.5, 0.6) is 0 Å². The number of carbonyl (C=O) groups excluding carboxylic acids is 2. The lowest BCUT2D eigenvalue weighted by Gasteiger charge is -2.08. The van der Waals surface area contributed by atoms with Crippen molar-refractivity contribution in [3.05, 3.63) is 34.0 Å². The topological polar surface area (TPSA) is 81.2 Å². The molecule has 1 aliphatic rings. The summed E-state index contributed by atoms with van der Waals surface area (Å²) in [4.78, 5) is 34.6. The lowest BCUT2D eigenvalue weighted by molar-refractivity contribution is -0.113. The van der Waals surface area contributed by atoms with Gasteiger partial charge in [0.1, 0.15) is 5.00 Å².